The number of halogens is 1. The lowest BCUT2D eigenvalue weighted by atomic mass is 10.3. The van der Waals surface area contributed by atoms with Crippen LogP contribution >= 0.6 is 11.6 Å². The first-order valence-corrected chi connectivity index (χ1v) is 4.05. The van der Waals surface area contributed by atoms with Gasteiger partial charge in [0.1, 0.15) is 12.7 Å². The van der Waals surface area contributed by atoms with E-state index in [0.29, 0.717) is 10.7 Å². The third-order valence-corrected chi connectivity index (χ3v) is 1.89. The van der Waals surface area contributed by atoms with Gasteiger partial charge in [0, 0.05) is 5.02 Å². The molecule has 0 amide bonds. The molecule has 0 atom stereocenters. The number of nitrogens with two attached hydrogens (primary N) is 1. The average Bonchev–Trinajstić information content (AvgIpc) is 2.61. The van der Waals surface area contributed by atoms with Crippen LogP contribution in [0, 0.1) is 0 Å². The van der Waals surface area contributed by atoms with Crippen molar-refractivity contribution in [1.82, 2.24) is 14.8 Å². The maximum Gasteiger partial charge on any atom is 0.138 e. The zero-order chi connectivity index (χ0) is 9.26. The third kappa shape index (κ3) is 1.48. The second kappa shape index (κ2) is 3.06. The predicted octanol–water partition coefficient (Wildman–Crippen LogP) is 1.50. The number of hydrogen-bond donors (Lipinski definition) is 1. The normalized spacial score (nSPS) is 10.2. The molecule has 0 fully saturated rings. The number of rotatable bonds is 1. The molecule has 0 radical (unpaired) electrons. The molecule has 2 rings (SSSR count). The number of nitrogen functional groups attached to an aromatic ring is 1. The summed E-state index contributed by atoms with van der Waals surface area (Å²) in [6, 6.07) is 5.21. The molecular formula is C8H7ClN4. The fourth-order valence-corrected chi connectivity index (χ4v) is 1.21. The van der Waals surface area contributed by atoms with Crippen molar-refractivity contribution in [2.45, 2.75) is 0 Å². The first-order chi connectivity index (χ1) is 6.27. The summed E-state index contributed by atoms with van der Waals surface area (Å²) >= 11 is 5.82. The van der Waals surface area contributed by atoms with Crippen LogP contribution in [0.15, 0.2) is 30.9 Å². The highest BCUT2D eigenvalue weighted by molar-refractivity contribution is 6.30. The molecule has 0 spiro atoms. The highest BCUT2D eigenvalue weighted by Gasteiger charge is 2.02. The maximum atomic E-state index is 5.82. The van der Waals surface area contributed by atoms with Crippen LogP contribution in [-0.4, -0.2) is 14.8 Å². The minimum absolute atomic E-state index is 0.620. The largest absolute Gasteiger partial charge is 0.397 e. The Hall–Kier alpha value is -1.55. The zero-order valence-electron chi connectivity index (χ0n) is 6.68. The molecule has 0 unspecified atom stereocenters. The van der Waals surface area contributed by atoms with Crippen LogP contribution in [0.25, 0.3) is 5.69 Å². The molecule has 1 aromatic heterocycles. The molecule has 0 saturated heterocycles. The number of hydrogen-bond acceptors (Lipinski definition) is 3. The Labute approximate surface area is 80.0 Å². The highest BCUT2D eigenvalue weighted by Crippen LogP contribution is 2.20. The van der Waals surface area contributed by atoms with Crippen LogP contribution in [0.2, 0.25) is 5.02 Å². The molecule has 0 bridgehead atoms. The van der Waals surface area contributed by atoms with E-state index in [-0.39, 0.29) is 0 Å². The summed E-state index contributed by atoms with van der Waals surface area (Å²) in [5.41, 5.74) is 7.09. The fraction of sp³-hybridized carbons (Fsp3) is 0. The summed E-state index contributed by atoms with van der Waals surface area (Å²) in [6.45, 7) is 0. The molecule has 4 nitrogen and oxygen atoms in total. The molecule has 1 aromatic carbocycles. The SMILES string of the molecule is Nc1ccc(Cl)cc1-n1cncn1. The van der Waals surface area contributed by atoms with Crippen molar-refractivity contribution in [2.75, 3.05) is 5.73 Å². The van der Waals surface area contributed by atoms with Gasteiger partial charge in [0.15, 0.2) is 0 Å². The number of aromatic nitrogens is 3. The van der Waals surface area contributed by atoms with Gasteiger partial charge >= 0.3 is 0 Å². The van der Waals surface area contributed by atoms with Gasteiger partial charge in [0.2, 0.25) is 0 Å². The van der Waals surface area contributed by atoms with Crippen molar-refractivity contribution in [3.8, 4) is 5.69 Å². The number of anilines is 1. The first-order valence-electron chi connectivity index (χ1n) is 3.67. The van der Waals surface area contributed by atoms with Gasteiger partial charge in [-0.15, -0.1) is 0 Å². The summed E-state index contributed by atoms with van der Waals surface area (Å²) in [5.74, 6) is 0. The Morgan fingerprint density at radius 2 is 2.23 bits per heavy atom. The van der Waals surface area contributed by atoms with Gasteiger partial charge in [-0.1, -0.05) is 11.6 Å². The molecule has 66 valence electrons. The molecular weight excluding hydrogens is 188 g/mol. The van der Waals surface area contributed by atoms with E-state index in [9.17, 15) is 0 Å². The van der Waals surface area contributed by atoms with Crippen LogP contribution in [-0.2, 0) is 0 Å². The average molecular weight is 195 g/mol. The standard InChI is InChI=1S/C8H7ClN4/c9-6-1-2-7(10)8(3-6)13-5-11-4-12-13/h1-5H,10H2. The Morgan fingerprint density at radius 3 is 2.92 bits per heavy atom. The van der Waals surface area contributed by atoms with Crippen LogP contribution < -0.4 is 5.73 Å². The molecule has 2 N–H and O–H groups in total. The van der Waals surface area contributed by atoms with E-state index in [0.717, 1.165) is 5.69 Å². The summed E-state index contributed by atoms with van der Waals surface area (Å²) in [5, 5.41) is 4.58. The van der Waals surface area contributed by atoms with Crippen LogP contribution in [0.3, 0.4) is 0 Å². The second-order valence-electron chi connectivity index (χ2n) is 2.54. The number of nitrogens with zero attached hydrogens (tertiary/aromatic N) is 3. The molecule has 5 heteroatoms. The Bertz CT molecular complexity index is 410. The molecule has 0 aliphatic rings. The smallest absolute Gasteiger partial charge is 0.138 e. The maximum absolute atomic E-state index is 5.82. The minimum atomic E-state index is 0.620. The third-order valence-electron chi connectivity index (χ3n) is 1.66. The van der Waals surface area contributed by atoms with Gasteiger partial charge in [0.05, 0.1) is 11.4 Å². The second-order valence-corrected chi connectivity index (χ2v) is 2.98. The summed E-state index contributed by atoms with van der Waals surface area (Å²) in [6.07, 6.45) is 3.02. The molecule has 0 aliphatic heterocycles. The van der Waals surface area contributed by atoms with E-state index in [4.69, 9.17) is 17.3 Å². The van der Waals surface area contributed by atoms with E-state index < -0.39 is 0 Å². The lowest BCUT2D eigenvalue weighted by Gasteiger charge is -2.04. The van der Waals surface area contributed by atoms with Gasteiger partial charge < -0.3 is 5.73 Å². The van der Waals surface area contributed by atoms with Crippen molar-refractivity contribution >= 4 is 17.3 Å². The van der Waals surface area contributed by atoms with Crippen molar-refractivity contribution in [1.29, 1.82) is 0 Å². The van der Waals surface area contributed by atoms with E-state index in [1.54, 1.807) is 29.2 Å². The Kier molecular flexibility index (Phi) is 1.90. The topological polar surface area (TPSA) is 56.7 Å². The Morgan fingerprint density at radius 1 is 1.38 bits per heavy atom. The lowest BCUT2D eigenvalue weighted by molar-refractivity contribution is 0.881. The van der Waals surface area contributed by atoms with Gasteiger partial charge in [-0.05, 0) is 18.2 Å². The molecule has 1 heterocycles. The molecule has 13 heavy (non-hydrogen) atoms. The summed E-state index contributed by atoms with van der Waals surface area (Å²) < 4.78 is 1.57. The van der Waals surface area contributed by atoms with Gasteiger partial charge in [-0.25, -0.2) is 9.67 Å². The zero-order valence-corrected chi connectivity index (χ0v) is 7.44. The molecule has 0 aliphatic carbocycles. The molecule has 0 saturated carbocycles. The van der Waals surface area contributed by atoms with Gasteiger partial charge in [0.25, 0.3) is 0 Å². The Balaban J connectivity index is 2.57. The van der Waals surface area contributed by atoms with Crippen molar-refractivity contribution in [3.63, 3.8) is 0 Å². The highest BCUT2D eigenvalue weighted by atomic mass is 35.5. The van der Waals surface area contributed by atoms with Crippen LogP contribution in [0.5, 0.6) is 0 Å². The van der Waals surface area contributed by atoms with Gasteiger partial charge in [-0.3, -0.25) is 0 Å². The number of benzene rings is 1. The summed E-state index contributed by atoms with van der Waals surface area (Å²) in [4.78, 5) is 3.82. The van der Waals surface area contributed by atoms with E-state index in [1.807, 2.05) is 0 Å². The van der Waals surface area contributed by atoms with E-state index in [1.165, 1.54) is 6.33 Å². The van der Waals surface area contributed by atoms with Crippen molar-refractivity contribution in [3.05, 3.63) is 35.9 Å². The van der Waals surface area contributed by atoms with Crippen LogP contribution in [0.1, 0.15) is 0 Å². The lowest BCUT2D eigenvalue weighted by Crippen LogP contribution is -1.99. The monoisotopic (exact) mass is 194 g/mol. The van der Waals surface area contributed by atoms with Crippen LogP contribution in [0.4, 0.5) is 5.69 Å². The van der Waals surface area contributed by atoms with E-state index in [2.05, 4.69) is 10.1 Å². The summed E-state index contributed by atoms with van der Waals surface area (Å²) in [7, 11) is 0. The molecule has 2 aromatic rings. The minimum Gasteiger partial charge on any atom is -0.397 e. The first kappa shape index (κ1) is 8.07. The quantitative estimate of drug-likeness (QED) is 0.700. The van der Waals surface area contributed by atoms with Crippen molar-refractivity contribution < 1.29 is 0 Å². The fourth-order valence-electron chi connectivity index (χ4n) is 1.05. The van der Waals surface area contributed by atoms with Gasteiger partial charge in [-0.2, -0.15) is 5.10 Å². The van der Waals surface area contributed by atoms with E-state index >= 15 is 0 Å². The van der Waals surface area contributed by atoms with Crippen molar-refractivity contribution in [2.24, 2.45) is 0 Å². The predicted molar refractivity (Wildman–Crippen MR) is 50.8 cm³/mol.